The van der Waals surface area contributed by atoms with Crippen LogP contribution in [-0.2, 0) is 16.1 Å². The largest absolute Gasteiger partial charge is 0.480 e. The molecule has 1 fully saturated rings. The van der Waals surface area contributed by atoms with E-state index in [1.807, 2.05) is 42.5 Å². The minimum atomic E-state index is -1.16. The summed E-state index contributed by atoms with van der Waals surface area (Å²) < 4.78 is 0. The third-order valence-electron chi connectivity index (χ3n) is 6.84. The number of piperazine rings is 1. The second-order valence-corrected chi connectivity index (χ2v) is 10.1. The number of carboxylic acids is 1. The molecule has 0 saturated carbocycles. The molecule has 1 amide bonds. The van der Waals surface area contributed by atoms with Crippen LogP contribution in [0.1, 0.15) is 16.1 Å². The first-order chi connectivity index (χ1) is 20.4. The van der Waals surface area contributed by atoms with E-state index in [9.17, 15) is 14.7 Å². The van der Waals surface area contributed by atoms with E-state index < -0.39 is 17.9 Å². The number of pyridine rings is 1. The van der Waals surface area contributed by atoms with Crippen LogP contribution in [0.5, 0.6) is 0 Å². The summed E-state index contributed by atoms with van der Waals surface area (Å²) in [6.07, 6.45) is 1.86. The number of amides is 1. The predicted octanol–water partition coefficient (Wildman–Crippen LogP) is 3.92. The van der Waals surface area contributed by atoms with E-state index in [-0.39, 0.29) is 12.1 Å². The maximum absolute atomic E-state index is 13.5. The molecule has 1 aliphatic rings. The number of halogens is 1. The number of carbonyl (C=O) groups is 2. The summed E-state index contributed by atoms with van der Waals surface area (Å²) in [6, 6.07) is 20.4. The average Bonchev–Trinajstić information content (AvgIpc) is 3.02. The Labute approximate surface area is 248 Å². The highest BCUT2D eigenvalue weighted by atomic mass is 35.5. The van der Waals surface area contributed by atoms with E-state index >= 15 is 0 Å². The third-order valence-corrected chi connectivity index (χ3v) is 7.09. The van der Waals surface area contributed by atoms with Crippen molar-refractivity contribution < 1.29 is 19.5 Å². The van der Waals surface area contributed by atoms with Crippen LogP contribution in [0.3, 0.4) is 0 Å². The zero-order chi connectivity index (χ0) is 29.5. The maximum atomic E-state index is 13.5. The summed E-state index contributed by atoms with van der Waals surface area (Å²) in [5.74, 6) is 0.0734. The topological polar surface area (TPSA) is 133 Å². The van der Waals surface area contributed by atoms with Crippen molar-refractivity contribution in [1.82, 2.24) is 20.3 Å². The number of nitrogens with one attached hydrogen (secondary N) is 2. The Bertz CT molecular complexity index is 1510. The van der Waals surface area contributed by atoms with Crippen molar-refractivity contribution in [2.45, 2.75) is 12.5 Å². The van der Waals surface area contributed by atoms with Gasteiger partial charge in [-0.25, -0.2) is 19.7 Å². The van der Waals surface area contributed by atoms with Crippen molar-refractivity contribution in [3.05, 3.63) is 95.3 Å². The van der Waals surface area contributed by atoms with E-state index in [0.29, 0.717) is 35.3 Å². The van der Waals surface area contributed by atoms with Crippen molar-refractivity contribution in [2.24, 2.45) is 0 Å². The van der Waals surface area contributed by atoms with E-state index in [1.165, 1.54) is 7.11 Å². The van der Waals surface area contributed by atoms with Gasteiger partial charge < -0.3 is 20.2 Å². The molecule has 3 N–H and O–H groups in total. The van der Waals surface area contributed by atoms with Crippen molar-refractivity contribution in [3.8, 4) is 11.4 Å². The number of aliphatic carboxylic acids is 1. The zero-order valence-electron chi connectivity index (χ0n) is 22.9. The fourth-order valence-electron chi connectivity index (χ4n) is 4.64. The number of carboxylic acid groups (broad SMARTS) is 1. The summed E-state index contributed by atoms with van der Waals surface area (Å²) >= 11 is 5.96. The van der Waals surface area contributed by atoms with E-state index in [2.05, 4.69) is 30.6 Å². The quantitative estimate of drug-likeness (QED) is 0.234. The molecule has 2 aromatic heterocycles. The van der Waals surface area contributed by atoms with Gasteiger partial charge >= 0.3 is 5.97 Å². The number of hydrogen-bond donors (Lipinski definition) is 3. The molecule has 5 rings (SSSR count). The molecule has 1 saturated heterocycles. The molecular weight excluding hydrogens is 558 g/mol. The molecule has 1 aliphatic heterocycles. The fraction of sp³-hybridized carbons (Fsp3) is 0.233. The first kappa shape index (κ1) is 28.8. The summed E-state index contributed by atoms with van der Waals surface area (Å²) in [5, 5.41) is 13.0. The highest BCUT2D eigenvalue weighted by Crippen LogP contribution is 2.24. The SMILES string of the molecule is CONc1ccc(-c2nc(C(=O)NC(Cc3ccc(Cl)cc3)C(=O)O)cc(N3CCN(c4ccccn4)CC3)n2)cc1. The molecule has 1 unspecified atom stereocenters. The molecule has 2 aromatic carbocycles. The molecule has 1 atom stereocenters. The normalized spacial score (nSPS) is 13.9. The number of benzene rings is 2. The van der Waals surface area contributed by atoms with Crippen LogP contribution in [0.2, 0.25) is 5.02 Å². The van der Waals surface area contributed by atoms with Gasteiger partial charge in [0.05, 0.1) is 12.8 Å². The van der Waals surface area contributed by atoms with Crippen LogP contribution >= 0.6 is 11.6 Å². The van der Waals surface area contributed by atoms with Gasteiger partial charge in [-0.3, -0.25) is 15.1 Å². The van der Waals surface area contributed by atoms with Gasteiger partial charge in [0.15, 0.2) is 5.82 Å². The number of aromatic nitrogens is 3. The fourth-order valence-corrected chi connectivity index (χ4v) is 4.77. The Kier molecular flexibility index (Phi) is 9.10. The summed E-state index contributed by atoms with van der Waals surface area (Å²) in [5.41, 5.74) is 5.00. The Hall–Kier alpha value is -4.74. The van der Waals surface area contributed by atoms with E-state index in [1.54, 1.807) is 36.5 Å². The minimum Gasteiger partial charge on any atom is -0.480 e. The monoisotopic (exact) mass is 587 g/mol. The molecule has 0 spiro atoms. The van der Waals surface area contributed by atoms with Crippen LogP contribution in [0, 0.1) is 0 Å². The van der Waals surface area contributed by atoms with Crippen LogP contribution in [0.15, 0.2) is 79.0 Å². The van der Waals surface area contributed by atoms with E-state index in [0.717, 1.165) is 30.2 Å². The van der Waals surface area contributed by atoms with Crippen LogP contribution < -0.4 is 20.6 Å². The average molecular weight is 588 g/mol. The number of anilines is 3. The lowest BCUT2D eigenvalue weighted by molar-refractivity contribution is -0.139. The molecule has 42 heavy (non-hydrogen) atoms. The summed E-state index contributed by atoms with van der Waals surface area (Å²) in [4.78, 5) is 48.5. The number of carbonyl (C=O) groups excluding carboxylic acids is 1. The standard InChI is InChI=1S/C30H30ClN7O4/c1-42-36-23-11-7-21(8-12-23)28-33-24(29(39)34-25(30(40)41)18-20-5-9-22(31)10-6-20)19-27(35-28)38-16-14-37(15-17-38)26-4-2-3-13-32-26/h2-13,19,25,36H,14-18H2,1H3,(H,34,39)(H,40,41). The molecule has 0 aliphatic carbocycles. The molecule has 216 valence electrons. The molecule has 0 radical (unpaired) electrons. The van der Waals surface area contributed by atoms with E-state index in [4.69, 9.17) is 21.4 Å². The van der Waals surface area contributed by atoms with Crippen LogP contribution in [0.25, 0.3) is 11.4 Å². The Morgan fingerprint density at radius 3 is 2.26 bits per heavy atom. The lowest BCUT2D eigenvalue weighted by atomic mass is 10.1. The summed E-state index contributed by atoms with van der Waals surface area (Å²) in [6.45, 7) is 2.74. The third kappa shape index (κ3) is 7.12. The molecule has 4 aromatic rings. The summed E-state index contributed by atoms with van der Waals surface area (Å²) in [7, 11) is 1.52. The van der Waals surface area contributed by atoms with Crippen molar-refractivity contribution >= 4 is 40.8 Å². The van der Waals surface area contributed by atoms with Gasteiger partial charge in [0.25, 0.3) is 5.91 Å². The van der Waals surface area contributed by atoms with Crippen molar-refractivity contribution in [2.75, 3.05) is 48.6 Å². The minimum absolute atomic E-state index is 0.0728. The predicted molar refractivity (Wildman–Crippen MR) is 161 cm³/mol. The second kappa shape index (κ2) is 13.3. The molecule has 12 heteroatoms. The number of hydrogen-bond acceptors (Lipinski definition) is 9. The highest BCUT2D eigenvalue weighted by molar-refractivity contribution is 6.30. The van der Waals surface area contributed by atoms with Crippen molar-refractivity contribution in [1.29, 1.82) is 0 Å². The van der Waals surface area contributed by atoms with Gasteiger partial charge in [0.1, 0.15) is 23.4 Å². The van der Waals surface area contributed by atoms with Crippen molar-refractivity contribution in [3.63, 3.8) is 0 Å². The molecule has 0 bridgehead atoms. The first-order valence-electron chi connectivity index (χ1n) is 13.4. The smallest absolute Gasteiger partial charge is 0.326 e. The number of rotatable bonds is 10. The molecule has 11 nitrogen and oxygen atoms in total. The second-order valence-electron chi connectivity index (χ2n) is 9.68. The highest BCUT2D eigenvalue weighted by Gasteiger charge is 2.25. The zero-order valence-corrected chi connectivity index (χ0v) is 23.7. The van der Waals surface area contributed by atoms with Gasteiger partial charge in [-0.1, -0.05) is 29.8 Å². The maximum Gasteiger partial charge on any atom is 0.326 e. The van der Waals surface area contributed by atoms with Gasteiger partial charge in [-0.15, -0.1) is 0 Å². The van der Waals surface area contributed by atoms with Gasteiger partial charge in [0.2, 0.25) is 0 Å². The molecular formula is C30H30ClN7O4. The lowest BCUT2D eigenvalue weighted by Crippen LogP contribution is -2.47. The van der Waals surface area contributed by atoms with Crippen LogP contribution in [0.4, 0.5) is 17.3 Å². The Morgan fingerprint density at radius 1 is 0.952 bits per heavy atom. The van der Waals surface area contributed by atoms with Gasteiger partial charge in [0, 0.05) is 55.4 Å². The molecule has 3 heterocycles. The van der Waals surface area contributed by atoms with Gasteiger partial charge in [-0.05, 0) is 54.1 Å². The lowest BCUT2D eigenvalue weighted by Gasteiger charge is -2.36. The van der Waals surface area contributed by atoms with Gasteiger partial charge in [-0.2, -0.15) is 0 Å². The Morgan fingerprint density at radius 2 is 1.64 bits per heavy atom. The first-order valence-corrected chi connectivity index (χ1v) is 13.7. The number of nitrogens with zero attached hydrogens (tertiary/aromatic N) is 5. The Balaban J connectivity index is 1.41. The van der Waals surface area contributed by atoms with Crippen LogP contribution in [-0.4, -0.2) is 71.3 Å².